The second-order valence-electron chi connectivity index (χ2n) is 9.61. The highest BCUT2D eigenvalue weighted by atomic mass is 19.1. The van der Waals surface area contributed by atoms with Crippen molar-refractivity contribution in [3.05, 3.63) is 58.2 Å². The van der Waals surface area contributed by atoms with Gasteiger partial charge in [-0.3, -0.25) is 9.59 Å². The quantitative estimate of drug-likeness (QED) is 0.391. The highest BCUT2D eigenvalue weighted by molar-refractivity contribution is 6.12. The molecule has 0 unspecified atom stereocenters. The zero-order valence-corrected chi connectivity index (χ0v) is 20.0. The van der Waals surface area contributed by atoms with Crippen molar-refractivity contribution in [2.45, 2.75) is 70.8 Å². The summed E-state index contributed by atoms with van der Waals surface area (Å²) in [5, 5.41) is 3.24. The van der Waals surface area contributed by atoms with Gasteiger partial charge in [-0.25, -0.2) is 9.18 Å². The third kappa shape index (κ3) is 4.65. The van der Waals surface area contributed by atoms with E-state index in [9.17, 15) is 18.8 Å². The first-order valence-electron chi connectivity index (χ1n) is 12.1. The predicted molar refractivity (Wildman–Crippen MR) is 124 cm³/mol. The molecule has 0 bridgehead atoms. The number of halogens is 1. The molecule has 0 radical (unpaired) electrons. The minimum Gasteiger partial charge on any atom is -0.468 e. The number of methoxy groups -OCH3 is 1. The van der Waals surface area contributed by atoms with Gasteiger partial charge in [-0.1, -0.05) is 31.9 Å². The van der Waals surface area contributed by atoms with Crippen molar-refractivity contribution in [3.63, 3.8) is 0 Å². The van der Waals surface area contributed by atoms with Crippen molar-refractivity contribution in [3.8, 4) is 0 Å². The van der Waals surface area contributed by atoms with Gasteiger partial charge < -0.3 is 14.8 Å². The number of ketones is 1. The molecular weight excluding hydrogens is 437 g/mol. The molecule has 1 N–H and O–H groups in total. The van der Waals surface area contributed by atoms with Gasteiger partial charge in [-0.05, 0) is 62.6 Å². The molecule has 0 spiro atoms. The molecule has 1 aromatic carbocycles. The fraction of sp³-hybridized carbons (Fsp3) is 0.519. The third-order valence-electron chi connectivity index (χ3n) is 7.22. The van der Waals surface area contributed by atoms with Crippen molar-refractivity contribution in [2.24, 2.45) is 11.8 Å². The number of dihydropyridines is 1. The van der Waals surface area contributed by atoms with Gasteiger partial charge in [0.25, 0.3) is 0 Å². The number of hydrogen-bond donors (Lipinski definition) is 1. The topological polar surface area (TPSA) is 81.7 Å². The smallest absolute Gasteiger partial charge is 0.337 e. The molecule has 6 nitrogen and oxygen atoms in total. The van der Waals surface area contributed by atoms with Crippen molar-refractivity contribution >= 4 is 17.7 Å². The minimum absolute atomic E-state index is 0.177. The SMILES string of the molecule is COC(=O)[C@@H]1C(=O)C2=C(C[C@@H]1C)NC(C)=C(C(=O)OC1CCCCCC1)[C@H]2c1cccc(F)c1. The van der Waals surface area contributed by atoms with Gasteiger partial charge in [-0.2, -0.15) is 0 Å². The van der Waals surface area contributed by atoms with E-state index >= 15 is 0 Å². The fourth-order valence-corrected chi connectivity index (χ4v) is 5.55. The van der Waals surface area contributed by atoms with E-state index in [4.69, 9.17) is 9.47 Å². The lowest BCUT2D eigenvalue weighted by Crippen LogP contribution is -2.43. The lowest BCUT2D eigenvalue weighted by molar-refractivity contribution is -0.151. The number of rotatable bonds is 4. The van der Waals surface area contributed by atoms with Crippen LogP contribution < -0.4 is 5.32 Å². The summed E-state index contributed by atoms with van der Waals surface area (Å²) in [7, 11) is 1.26. The number of hydrogen-bond acceptors (Lipinski definition) is 6. The number of Topliss-reactive ketones (excluding diaryl/α,β-unsaturated/α-hetero) is 1. The van der Waals surface area contributed by atoms with Gasteiger partial charge in [-0.15, -0.1) is 0 Å². The Bertz CT molecular complexity index is 1050. The summed E-state index contributed by atoms with van der Waals surface area (Å²) in [5.41, 5.74) is 2.34. The first kappa shape index (κ1) is 24.2. The average Bonchev–Trinajstić information content (AvgIpc) is 3.06. The summed E-state index contributed by atoms with van der Waals surface area (Å²) < 4.78 is 25.1. The molecule has 7 heteroatoms. The van der Waals surface area contributed by atoms with Crippen molar-refractivity contribution < 1.29 is 28.2 Å². The molecule has 0 saturated heterocycles. The van der Waals surface area contributed by atoms with Gasteiger partial charge in [0, 0.05) is 22.9 Å². The second kappa shape index (κ2) is 10.1. The molecule has 2 aliphatic carbocycles. The van der Waals surface area contributed by atoms with Crippen LogP contribution in [0.15, 0.2) is 46.8 Å². The molecule has 4 rings (SSSR count). The van der Waals surface area contributed by atoms with Crippen LogP contribution in [0.2, 0.25) is 0 Å². The molecule has 3 aliphatic rings. The summed E-state index contributed by atoms with van der Waals surface area (Å²) >= 11 is 0. The third-order valence-corrected chi connectivity index (χ3v) is 7.22. The fourth-order valence-electron chi connectivity index (χ4n) is 5.55. The molecule has 1 fully saturated rings. The zero-order chi connectivity index (χ0) is 24.4. The van der Waals surface area contributed by atoms with Crippen molar-refractivity contribution in [1.29, 1.82) is 0 Å². The van der Waals surface area contributed by atoms with Crippen LogP contribution in [0.4, 0.5) is 4.39 Å². The molecular formula is C27H32FNO5. The molecule has 1 aliphatic heterocycles. The van der Waals surface area contributed by atoms with E-state index in [2.05, 4.69) is 5.32 Å². The Hall–Kier alpha value is -2.96. The second-order valence-corrected chi connectivity index (χ2v) is 9.61. The maximum Gasteiger partial charge on any atom is 0.337 e. The molecule has 1 saturated carbocycles. The van der Waals surface area contributed by atoms with Crippen LogP contribution in [0.25, 0.3) is 0 Å². The van der Waals surface area contributed by atoms with Gasteiger partial charge in [0.2, 0.25) is 0 Å². The Kier molecular flexibility index (Phi) is 7.19. The maximum atomic E-state index is 14.3. The van der Waals surface area contributed by atoms with Gasteiger partial charge in [0.15, 0.2) is 5.78 Å². The molecule has 0 amide bonds. The molecule has 182 valence electrons. The van der Waals surface area contributed by atoms with E-state index in [1.807, 2.05) is 6.92 Å². The van der Waals surface area contributed by atoms with Crippen LogP contribution in [-0.4, -0.2) is 30.9 Å². The van der Waals surface area contributed by atoms with Gasteiger partial charge in [0.1, 0.15) is 17.8 Å². The standard InChI is InChI=1S/C27H32FNO5/c1-15-13-20-24(25(30)21(15)26(31)33-3)23(17-9-8-10-18(28)14-17)22(16(2)29-20)27(32)34-19-11-6-4-5-7-12-19/h8-10,14-15,19,21,23,29H,4-7,11-13H2,1-3H3/t15-,21-,23+/m0/s1. The molecule has 1 heterocycles. The predicted octanol–water partition coefficient (Wildman–Crippen LogP) is 4.70. The number of benzene rings is 1. The van der Waals surface area contributed by atoms with E-state index in [1.165, 1.54) is 19.2 Å². The Morgan fingerprint density at radius 2 is 1.82 bits per heavy atom. The van der Waals surface area contributed by atoms with Crippen molar-refractivity contribution in [2.75, 3.05) is 7.11 Å². The molecule has 1 aromatic rings. The summed E-state index contributed by atoms with van der Waals surface area (Å²) in [4.78, 5) is 39.7. The molecule has 3 atom stereocenters. The van der Waals surface area contributed by atoms with Crippen LogP contribution in [-0.2, 0) is 23.9 Å². The lowest BCUT2D eigenvalue weighted by Gasteiger charge is -2.38. The Labute approximate surface area is 199 Å². The largest absolute Gasteiger partial charge is 0.468 e. The van der Waals surface area contributed by atoms with Gasteiger partial charge >= 0.3 is 11.9 Å². The first-order chi connectivity index (χ1) is 16.3. The molecule has 34 heavy (non-hydrogen) atoms. The summed E-state index contributed by atoms with van der Waals surface area (Å²) in [5.74, 6) is -4.03. The average molecular weight is 470 g/mol. The Morgan fingerprint density at radius 1 is 1.12 bits per heavy atom. The van der Waals surface area contributed by atoms with Crippen LogP contribution in [0.3, 0.4) is 0 Å². The van der Waals surface area contributed by atoms with Crippen LogP contribution in [0, 0.1) is 17.7 Å². The van der Waals surface area contributed by atoms with Crippen LogP contribution in [0.5, 0.6) is 0 Å². The molecule has 0 aromatic heterocycles. The zero-order valence-electron chi connectivity index (χ0n) is 20.0. The van der Waals surface area contributed by atoms with E-state index in [1.54, 1.807) is 19.1 Å². The minimum atomic E-state index is -0.973. The number of carbonyl (C=O) groups excluding carboxylic acids is 3. The van der Waals surface area contributed by atoms with E-state index in [-0.39, 0.29) is 12.0 Å². The van der Waals surface area contributed by atoms with E-state index < -0.39 is 35.4 Å². The monoisotopic (exact) mass is 469 g/mol. The van der Waals surface area contributed by atoms with Gasteiger partial charge in [0.05, 0.1) is 12.7 Å². The first-order valence-corrected chi connectivity index (χ1v) is 12.1. The summed E-state index contributed by atoms with van der Waals surface area (Å²) in [6.07, 6.45) is 6.15. The van der Waals surface area contributed by atoms with Crippen LogP contribution >= 0.6 is 0 Å². The van der Waals surface area contributed by atoms with E-state index in [0.29, 0.717) is 34.5 Å². The summed E-state index contributed by atoms with van der Waals surface area (Å²) in [6.45, 7) is 3.61. The Balaban J connectivity index is 1.77. The number of esters is 2. The summed E-state index contributed by atoms with van der Waals surface area (Å²) in [6, 6.07) is 5.92. The highest BCUT2D eigenvalue weighted by Crippen LogP contribution is 2.45. The number of nitrogens with one attached hydrogen (secondary N) is 1. The lowest BCUT2D eigenvalue weighted by atomic mass is 9.69. The highest BCUT2D eigenvalue weighted by Gasteiger charge is 2.47. The normalized spacial score (nSPS) is 25.9. The number of carbonyl (C=O) groups is 3. The maximum absolute atomic E-state index is 14.3. The number of allylic oxidation sites excluding steroid dienone is 3. The number of ether oxygens (including phenoxy) is 2. The van der Waals surface area contributed by atoms with E-state index in [0.717, 1.165) is 38.5 Å². The van der Waals surface area contributed by atoms with Crippen LogP contribution in [0.1, 0.15) is 70.3 Å². The van der Waals surface area contributed by atoms with Crippen molar-refractivity contribution in [1.82, 2.24) is 5.32 Å². The Morgan fingerprint density at radius 3 is 2.47 bits per heavy atom.